The third kappa shape index (κ3) is 6.69. The predicted octanol–water partition coefficient (Wildman–Crippen LogP) is 5.55. The standard InChI is InChI=1S/C27H26ClN5O3S/c1-4-36-23-14-7-19(15-24(23)35-3)16-29-30-25(34)17-37-27-32-31-26(20-8-10-21(28)11-9-20)33(27)22-12-5-18(2)6-13-22/h5-16H,4,17H2,1-3H3,(H,30,34)/b29-16-. The first kappa shape index (κ1) is 26.2. The van der Waals surface area contributed by atoms with Crippen LogP contribution in [0.4, 0.5) is 0 Å². The van der Waals surface area contributed by atoms with Crippen molar-refractivity contribution in [2.75, 3.05) is 19.5 Å². The molecule has 0 saturated heterocycles. The Bertz CT molecular complexity index is 1390. The summed E-state index contributed by atoms with van der Waals surface area (Å²) < 4.78 is 12.8. The number of aryl methyl sites for hydroxylation is 1. The Morgan fingerprint density at radius 1 is 1.08 bits per heavy atom. The van der Waals surface area contributed by atoms with Gasteiger partial charge in [0.1, 0.15) is 0 Å². The van der Waals surface area contributed by atoms with Crippen molar-refractivity contribution in [3.63, 3.8) is 0 Å². The van der Waals surface area contributed by atoms with E-state index in [9.17, 15) is 4.79 Å². The first-order valence-corrected chi connectivity index (χ1v) is 12.9. The summed E-state index contributed by atoms with van der Waals surface area (Å²) in [5.41, 5.74) is 6.22. The Labute approximate surface area is 224 Å². The van der Waals surface area contributed by atoms with E-state index in [2.05, 4.69) is 20.7 Å². The van der Waals surface area contributed by atoms with E-state index < -0.39 is 0 Å². The maximum atomic E-state index is 12.5. The molecule has 0 aliphatic carbocycles. The van der Waals surface area contributed by atoms with Crippen LogP contribution in [0.15, 0.2) is 77.0 Å². The zero-order valence-electron chi connectivity index (χ0n) is 20.6. The molecule has 1 amide bonds. The first-order valence-electron chi connectivity index (χ1n) is 11.5. The van der Waals surface area contributed by atoms with Crippen LogP contribution in [-0.2, 0) is 4.79 Å². The van der Waals surface area contributed by atoms with Crippen molar-refractivity contribution in [1.29, 1.82) is 0 Å². The fraction of sp³-hybridized carbons (Fsp3) is 0.185. The maximum Gasteiger partial charge on any atom is 0.250 e. The summed E-state index contributed by atoms with van der Waals surface area (Å²) in [5, 5.41) is 14.0. The van der Waals surface area contributed by atoms with Gasteiger partial charge in [0.2, 0.25) is 0 Å². The van der Waals surface area contributed by atoms with E-state index >= 15 is 0 Å². The number of thioether (sulfide) groups is 1. The molecular formula is C27H26ClN5O3S. The summed E-state index contributed by atoms with van der Waals surface area (Å²) in [6.45, 7) is 4.47. The van der Waals surface area contributed by atoms with E-state index in [0.717, 1.165) is 22.4 Å². The number of hydrazone groups is 1. The largest absolute Gasteiger partial charge is 0.493 e. The zero-order chi connectivity index (χ0) is 26.2. The lowest BCUT2D eigenvalue weighted by Crippen LogP contribution is -2.20. The molecule has 1 aromatic heterocycles. The number of nitrogens with one attached hydrogen (secondary N) is 1. The molecular weight excluding hydrogens is 510 g/mol. The van der Waals surface area contributed by atoms with Crippen LogP contribution in [0.25, 0.3) is 17.1 Å². The van der Waals surface area contributed by atoms with Crippen molar-refractivity contribution in [2.24, 2.45) is 5.10 Å². The second-order valence-electron chi connectivity index (χ2n) is 7.91. The number of nitrogens with zero attached hydrogens (tertiary/aromatic N) is 4. The molecule has 4 aromatic rings. The lowest BCUT2D eigenvalue weighted by atomic mass is 10.2. The number of hydrogen-bond acceptors (Lipinski definition) is 7. The minimum Gasteiger partial charge on any atom is -0.493 e. The SMILES string of the molecule is CCOc1ccc(/C=N\NC(=O)CSc2nnc(-c3ccc(Cl)cc3)n2-c2ccc(C)cc2)cc1OC. The normalized spacial score (nSPS) is 11.0. The van der Waals surface area contributed by atoms with E-state index in [1.54, 1.807) is 25.5 Å². The van der Waals surface area contributed by atoms with Gasteiger partial charge in [0, 0.05) is 16.3 Å². The van der Waals surface area contributed by atoms with Gasteiger partial charge in [0.15, 0.2) is 22.5 Å². The number of carbonyl (C=O) groups is 1. The molecule has 0 bridgehead atoms. The molecule has 1 N–H and O–H groups in total. The third-order valence-electron chi connectivity index (χ3n) is 5.25. The van der Waals surface area contributed by atoms with Gasteiger partial charge < -0.3 is 9.47 Å². The Morgan fingerprint density at radius 2 is 1.84 bits per heavy atom. The maximum absolute atomic E-state index is 12.5. The van der Waals surface area contributed by atoms with Crippen LogP contribution in [-0.4, -0.2) is 46.4 Å². The second-order valence-corrected chi connectivity index (χ2v) is 9.29. The van der Waals surface area contributed by atoms with Gasteiger partial charge in [-0.2, -0.15) is 5.10 Å². The number of methoxy groups -OCH3 is 1. The molecule has 0 unspecified atom stereocenters. The number of aromatic nitrogens is 3. The summed E-state index contributed by atoms with van der Waals surface area (Å²) in [4.78, 5) is 12.5. The fourth-order valence-electron chi connectivity index (χ4n) is 3.46. The number of ether oxygens (including phenoxy) is 2. The number of amides is 1. The van der Waals surface area contributed by atoms with Crippen molar-refractivity contribution in [2.45, 2.75) is 19.0 Å². The van der Waals surface area contributed by atoms with E-state index in [1.165, 1.54) is 11.8 Å². The van der Waals surface area contributed by atoms with Crippen LogP contribution in [0, 0.1) is 6.92 Å². The van der Waals surface area contributed by atoms with Gasteiger partial charge in [-0.05, 0) is 74.0 Å². The Hall–Kier alpha value is -3.82. The van der Waals surface area contributed by atoms with Gasteiger partial charge in [-0.15, -0.1) is 10.2 Å². The Kier molecular flexibility index (Phi) is 8.81. The topological polar surface area (TPSA) is 90.6 Å². The molecule has 0 fully saturated rings. The molecule has 8 nitrogen and oxygen atoms in total. The molecule has 0 aliphatic rings. The molecule has 0 aliphatic heterocycles. The minimum atomic E-state index is -0.273. The van der Waals surface area contributed by atoms with Crippen LogP contribution in [0.1, 0.15) is 18.1 Å². The fourth-order valence-corrected chi connectivity index (χ4v) is 4.33. The van der Waals surface area contributed by atoms with Crippen LogP contribution in [0.2, 0.25) is 5.02 Å². The lowest BCUT2D eigenvalue weighted by molar-refractivity contribution is -0.118. The number of benzene rings is 3. The van der Waals surface area contributed by atoms with Crippen molar-refractivity contribution in [3.05, 3.63) is 82.9 Å². The quantitative estimate of drug-likeness (QED) is 0.163. The number of rotatable bonds is 10. The first-order chi connectivity index (χ1) is 18.0. The number of hydrogen-bond donors (Lipinski definition) is 1. The van der Waals surface area contributed by atoms with Gasteiger partial charge in [0.25, 0.3) is 5.91 Å². The van der Waals surface area contributed by atoms with Crippen molar-refractivity contribution in [1.82, 2.24) is 20.2 Å². The molecule has 37 heavy (non-hydrogen) atoms. The summed E-state index contributed by atoms with van der Waals surface area (Å²) in [6, 6.07) is 20.9. The van der Waals surface area contributed by atoms with Crippen molar-refractivity contribution >= 4 is 35.5 Å². The van der Waals surface area contributed by atoms with Crippen molar-refractivity contribution < 1.29 is 14.3 Å². The lowest BCUT2D eigenvalue weighted by Gasteiger charge is -2.11. The molecule has 1 heterocycles. The highest BCUT2D eigenvalue weighted by Gasteiger charge is 2.17. The summed E-state index contributed by atoms with van der Waals surface area (Å²) in [5.74, 6) is 1.74. The molecule has 190 valence electrons. The van der Waals surface area contributed by atoms with E-state index in [1.807, 2.05) is 73.0 Å². The van der Waals surface area contributed by atoms with Gasteiger partial charge >= 0.3 is 0 Å². The van der Waals surface area contributed by atoms with Gasteiger partial charge in [-0.1, -0.05) is 41.1 Å². The smallest absolute Gasteiger partial charge is 0.250 e. The van der Waals surface area contributed by atoms with Gasteiger partial charge in [-0.25, -0.2) is 5.43 Å². The van der Waals surface area contributed by atoms with Crippen LogP contribution < -0.4 is 14.9 Å². The Morgan fingerprint density at radius 3 is 2.54 bits per heavy atom. The third-order valence-corrected chi connectivity index (χ3v) is 6.43. The van der Waals surface area contributed by atoms with Crippen LogP contribution in [0.5, 0.6) is 11.5 Å². The molecule has 3 aromatic carbocycles. The molecule has 0 saturated carbocycles. The average molecular weight is 536 g/mol. The predicted molar refractivity (Wildman–Crippen MR) is 147 cm³/mol. The van der Waals surface area contributed by atoms with Crippen LogP contribution >= 0.6 is 23.4 Å². The molecule has 0 atom stereocenters. The average Bonchev–Trinajstić information content (AvgIpc) is 3.33. The highest BCUT2D eigenvalue weighted by molar-refractivity contribution is 7.99. The summed E-state index contributed by atoms with van der Waals surface area (Å²) in [7, 11) is 1.57. The van der Waals surface area contributed by atoms with E-state index in [-0.39, 0.29) is 11.7 Å². The number of carbonyl (C=O) groups excluding carboxylic acids is 1. The van der Waals surface area contributed by atoms with E-state index in [0.29, 0.717) is 34.1 Å². The minimum absolute atomic E-state index is 0.106. The van der Waals surface area contributed by atoms with Gasteiger partial charge in [-0.3, -0.25) is 9.36 Å². The van der Waals surface area contributed by atoms with Gasteiger partial charge in [0.05, 0.1) is 25.7 Å². The van der Waals surface area contributed by atoms with E-state index in [4.69, 9.17) is 21.1 Å². The Balaban J connectivity index is 1.46. The highest BCUT2D eigenvalue weighted by atomic mass is 35.5. The van der Waals surface area contributed by atoms with Crippen LogP contribution in [0.3, 0.4) is 0 Å². The number of halogens is 1. The molecule has 10 heteroatoms. The summed E-state index contributed by atoms with van der Waals surface area (Å²) in [6.07, 6.45) is 1.55. The molecule has 4 rings (SSSR count). The zero-order valence-corrected chi connectivity index (χ0v) is 22.2. The summed E-state index contributed by atoms with van der Waals surface area (Å²) >= 11 is 7.34. The second kappa shape index (κ2) is 12.4. The highest BCUT2D eigenvalue weighted by Crippen LogP contribution is 2.29. The monoisotopic (exact) mass is 535 g/mol. The van der Waals surface area contributed by atoms with Crippen molar-refractivity contribution in [3.8, 4) is 28.6 Å². The molecule has 0 spiro atoms. The molecule has 0 radical (unpaired) electrons.